The van der Waals surface area contributed by atoms with Crippen LogP contribution in [0.5, 0.6) is 0 Å². The van der Waals surface area contributed by atoms with E-state index in [1.165, 1.54) is 4.90 Å². The molecule has 1 saturated heterocycles. The molecule has 2 rings (SSSR count). The van der Waals surface area contributed by atoms with Crippen LogP contribution >= 0.6 is 11.3 Å². The minimum atomic E-state index is -1.19. The Kier molecular flexibility index (Phi) is 3.06. The van der Waals surface area contributed by atoms with Crippen LogP contribution in [0.1, 0.15) is 30.3 Å². The van der Waals surface area contributed by atoms with E-state index in [0.717, 1.165) is 10.4 Å². The third kappa shape index (κ3) is 1.96. The van der Waals surface area contributed by atoms with Crippen LogP contribution in [0.15, 0.2) is 11.4 Å². The van der Waals surface area contributed by atoms with E-state index >= 15 is 0 Å². The highest BCUT2D eigenvalue weighted by molar-refractivity contribution is 7.10. The van der Waals surface area contributed by atoms with Crippen molar-refractivity contribution in [1.82, 2.24) is 10.2 Å². The number of aliphatic carboxylic acids is 1. The second-order valence-electron chi connectivity index (χ2n) is 4.94. The SMILES string of the molecule is Cc1ccsc1C1CN(C(C)(C)C(=O)O)C(=O)N1. The maximum Gasteiger partial charge on any atom is 0.329 e. The number of carboxylic acid groups (broad SMARTS) is 1. The van der Waals surface area contributed by atoms with Gasteiger partial charge in [0.2, 0.25) is 0 Å². The first kappa shape index (κ1) is 12.9. The Morgan fingerprint density at radius 1 is 1.61 bits per heavy atom. The topological polar surface area (TPSA) is 69.6 Å². The van der Waals surface area contributed by atoms with E-state index in [-0.39, 0.29) is 12.1 Å². The van der Waals surface area contributed by atoms with Gasteiger partial charge in [-0.2, -0.15) is 0 Å². The first-order valence-corrected chi connectivity index (χ1v) is 6.57. The molecule has 1 aliphatic rings. The number of nitrogens with one attached hydrogen (secondary N) is 1. The molecule has 98 valence electrons. The lowest BCUT2D eigenvalue weighted by Gasteiger charge is -2.30. The summed E-state index contributed by atoms with van der Waals surface area (Å²) in [5.41, 5.74) is -0.0652. The average Bonchev–Trinajstić information content (AvgIpc) is 2.84. The molecule has 1 aromatic heterocycles. The molecule has 2 heterocycles. The molecule has 1 aromatic rings. The fourth-order valence-corrected chi connectivity index (χ4v) is 3.00. The number of carbonyl (C=O) groups excluding carboxylic acids is 1. The molecule has 0 saturated carbocycles. The zero-order valence-electron chi connectivity index (χ0n) is 10.6. The minimum Gasteiger partial charge on any atom is -0.480 e. The summed E-state index contributed by atoms with van der Waals surface area (Å²) in [5.74, 6) is -0.999. The van der Waals surface area contributed by atoms with Crippen LogP contribution in [0, 0.1) is 6.92 Å². The lowest BCUT2D eigenvalue weighted by atomic mass is 10.0. The highest BCUT2D eigenvalue weighted by Crippen LogP contribution is 2.31. The van der Waals surface area contributed by atoms with Gasteiger partial charge in [0.05, 0.1) is 6.04 Å². The Hall–Kier alpha value is -1.56. The second-order valence-corrected chi connectivity index (χ2v) is 5.89. The highest BCUT2D eigenvalue weighted by atomic mass is 32.1. The lowest BCUT2D eigenvalue weighted by molar-refractivity contribution is -0.147. The summed E-state index contributed by atoms with van der Waals surface area (Å²) in [6.45, 7) is 5.46. The quantitative estimate of drug-likeness (QED) is 0.880. The van der Waals surface area contributed by atoms with Crippen LogP contribution in [0.4, 0.5) is 4.79 Å². The summed E-state index contributed by atoms with van der Waals surface area (Å²) in [6, 6.07) is 1.56. The summed E-state index contributed by atoms with van der Waals surface area (Å²) >= 11 is 1.58. The van der Waals surface area contributed by atoms with E-state index in [1.54, 1.807) is 25.2 Å². The molecule has 2 amide bonds. The molecule has 18 heavy (non-hydrogen) atoms. The lowest BCUT2D eigenvalue weighted by Crippen LogP contribution is -2.51. The molecule has 6 heteroatoms. The van der Waals surface area contributed by atoms with Crippen molar-refractivity contribution in [2.75, 3.05) is 6.54 Å². The Morgan fingerprint density at radius 2 is 2.28 bits per heavy atom. The Morgan fingerprint density at radius 3 is 2.78 bits per heavy atom. The molecule has 1 atom stereocenters. The van der Waals surface area contributed by atoms with Crippen molar-refractivity contribution in [3.8, 4) is 0 Å². The number of hydrogen-bond acceptors (Lipinski definition) is 3. The first-order valence-electron chi connectivity index (χ1n) is 5.69. The summed E-state index contributed by atoms with van der Waals surface area (Å²) in [7, 11) is 0. The average molecular weight is 268 g/mol. The van der Waals surface area contributed by atoms with Crippen LogP contribution in [0.25, 0.3) is 0 Å². The molecule has 0 bridgehead atoms. The van der Waals surface area contributed by atoms with Crippen molar-refractivity contribution < 1.29 is 14.7 Å². The van der Waals surface area contributed by atoms with Crippen LogP contribution < -0.4 is 5.32 Å². The number of carbonyl (C=O) groups is 2. The molecule has 0 aromatic carbocycles. The van der Waals surface area contributed by atoms with Gasteiger partial charge in [0, 0.05) is 11.4 Å². The van der Waals surface area contributed by atoms with Crippen LogP contribution in [0.3, 0.4) is 0 Å². The Bertz CT molecular complexity index is 495. The normalized spacial score (nSPS) is 20.1. The molecule has 2 N–H and O–H groups in total. The molecule has 0 radical (unpaired) electrons. The van der Waals surface area contributed by atoms with Gasteiger partial charge in [-0.1, -0.05) is 0 Å². The summed E-state index contributed by atoms with van der Waals surface area (Å²) in [4.78, 5) is 25.6. The number of urea groups is 1. The summed E-state index contributed by atoms with van der Waals surface area (Å²) in [6.07, 6.45) is 0. The highest BCUT2D eigenvalue weighted by Gasteiger charge is 2.44. The van der Waals surface area contributed by atoms with Crippen molar-refractivity contribution >= 4 is 23.3 Å². The van der Waals surface area contributed by atoms with E-state index in [9.17, 15) is 14.7 Å². The molecule has 1 fully saturated rings. The van der Waals surface area contributed by atoms with Gasteiger partial charge in [0.1, 0.15) is 5.54 Å². The van der Waals surface area contributed by atoms with Gasteiger partial charge in [-0.3, -0.25) is 0 Å². The molecule has 1 aliphatic heterocycles. The van der Waals surface area contributed by atoms with Crippen LogP contribution in [0.2, 0.25) is 0 Å². The zero-order chi connectivity index (χ0) is 13.5. The number of carboxylic acids is 1. The molecule has 1 unspecified atom stereocenters. The standard InChI is InChI=1S/C12H16N2O3S/c1-7-4-5-18-9(7)8-6-14(11(17)13-8)12(2,3)10(15)16/h4-5,8H,6H2,1-3H3,(H,13,17)(H,15,16). The third-order valence-electron chi connectivity index (χ3n) is 3.32. The van der Waals surface area contributed by atoms with Gasteiger partial charge in [-0.25, -0.2) is 9.59 Å². The van der Waals surface area contributed by atoms with Gasteiger partial charge in [-0.15, -0.1) is 11.3 Å². The second kappa shape index (κ2) is 4.28. The number of rotatable bonds is 3. The fraction of sp³-hybridized carbons (Fsp3) is 0.500. The molecular weight excluding hydrogens is 252 g/mol. The van der Waals surface area contributed by atoms with Crippen molar-refractivity contribution in [3.05, 3.63) is 21.9 Å². The Labute approximate surface area is 109 Å². The molecule has 5 nitrogen and oxygen atoms in total. The van der Waals surface area contributed by atoms with E-state index in [0.29, 0.717) is 6.54 Å². The first-order chi connectivity index (χ1) is 8.34. The van der Waals surface area contributed by atoms with Gasteiger partial charge >= 0.3 is 12.0 Å². The minimum absolute atomic E-state index is 0.115. The van der Waals surface area contributed by atoms with Gasteiger partial charge < -0.3 is 15.3 Å². The van der Waals surface area contributed by atoms with Gasteiger partial charge in [0.25, 0.3) is 0 Å². The van der Waals surface area contributed by atoms with Crippen LogP contribution in [-0.4, -0.2) is 34.1 Å². The predicted molar refractivity (Wildman–Crippen MR) is 68.7 cm³/mol. The van der Waals surface area contributed by atoms with E-state index in [4.69, 9.17) is 0 Å². The molecule has 0 spiro atoms. The summed E-state index contributed by atoms with van der Waals surface area (Å²) in [5, 5.41) is 14.0. The molecular formula is C12H16N2O3S. The van der Waals surface area contributed by atoms with Crippen molar-refractivity contribution in [2.24, 2.45) is 0 Å². The monoisotopic (exact) mass is 268 g/mol. The van der Waals surface area contributed by atoms with E-state index in [1.807, 2.05) is 18.4 Å². The maximum atomic E-state index is 11.9. The number of amides is 2. The smallest absolute Gasteiger partial charge is 0.329 e. The van der Waals surface area contributed by atoms with Crippen LogP contribution in [-0.2, 0) is 4.79 Å². The maximum absolute atomic E-state index is 11.9. The number of aryl methyl sites for hydroxylation is 1. The predicted octanol–water partition coefficient (Wildman–Crippen LogP) is 1.99. The van der Waals surface area contributed by atoms with E-state index in [2.05, 4.69) is 5.32 Å². The van der Waals surface area contributed by atoms with Crippen molar-refractivity contribution in [2.45, 2.75) is 32.4 Å². The fourth-order valence-electron chi connectivity index (χ4n) is 2.03. The number of thiophene rings is 1. The number of hydrogen-bond donors (Lipinski definition) is 2. The van der Waals surface area contributed by atoms with Crippen molar-refractivity contribution in [3.63, 3.8) is 0 Å². The Balaban J connectivity index is 2.23. The van der Waals surface area contributed by atoms with E-state index < -0.39 is 11.5 Å². The van der Waals surface area contributed by atoms with Gasteiger partial charge in [0.15, 0.2) is 0 Å². The zero-order valence-corrected chi connectivity index (χ0v) is 11.4. The summed E-state index contributed by atoms with van der Waals surface area (Å²) < 4.78 is 0. The van der Waals surface area contributed by atoms with Gasteiger partial charge in [-0.05, 0) is 37.8 Å². The third-order valence-corrected chi connectivity index (χ3v) is 4.46. The molecule has 0 aliphatic carbocycles. The van der Waals surface area contributed by atoms with Crippen molar-refractivity contribution in [1.29, 1.82) is 0 Å². The largest absolute Gasteiger partial charge is 0.480 e. The number of nitrogens with zero attached hydrogens (tertiary/aromatic N) is 1.